The number of fused-ring (bicyclic) bond motifs is 3. The van der Waals surface area contributed by atoms with E-state index in [1.807, 2.05) is 0 Å². The first-order chi connectivity index (χ1) is 9.19. The molecule has 1 N–H and O–H groups in total. The maximum absolute atomic E-state index is 12.2. The van der Waals surface area contributed by atoms with E-state index in [1.54, 1.807) is 11.7 Å². The Labute approximate surface area is 111 Å². The van der Waals surface area contributed by atoms with Gasteiger partial charge < -0.3 is 5.32 Å². The number of Topliss-reactive ketones (excluding diaryl/α,β-unsaturated/α-hetero) is 1. The number of hydrogen-bond donors (Lipinski definition) is 1. The van der Waals surface area contributed by atoms with Crippen LogP contribution >= 0.6 is 0 Å². The van der Waals surface area contributed by atoms with Gasteiger partial charge in [-0.2, -0.15) is 0 Å². The van der Waals surface area contributed by atoms with E-state index in [0.717, 1.165) is 25.9 Å². The van der Waals surface area contributed by atoms with Crippen molar-refractivity contribution >= 4 is 11.7 Å². The average Bonchev–Trinajstić information content (AvgIpc) is 2.91. The molecule has 0 saturated carbocycles. The number of nitrogens with zero attached hydrogens (tertiary/aromatic N) is 4. The van der Waals surface area contributed by atoms with Crippen molar-refractivity contribution in [1.82, 2.24) is 25.0 Å². The van der Waals surface area contributed by atoms with Crippen LogP contribution in [0, 0.1) is 5.92 Å². The van der Waals surface area contributed by atoms with Gasteiger partial charge in [0.15, 0.2) is 5.78 Å². The molecule has 19 heavy (non-hydrogen) atoms. The van der Waals surface area contributed by atoms with Crippen LogP contribution in [0.4, 0.5) is 0 Å². The van der Waals surface area contributed by atoms with Crippen LogP contribution in [-0.4, -0.2) is 57.5 Å². The third kappa shape index (κ3) is 2.14. The fraction of sp³-hybridized carbons (Fsp3) is 0.667. The van der Waals surface area contributed by atoms with E-state index >= 15 is 0 Å². The summed E-state index contributed by atoms with van der Waals surface area (Å²) in [7, 11) is 1.54. The minimum atomic E-state index is -0.310. The monoisotopic (exact) mass is 263 g/mol. The maximum Gasteiger partial charge on any atom is 0.290 e. The zero-order valence-corrected chi connectivity index (χ0v) is 10.9. The lowest BCUT2D eigenvalue weighted by Gasteiger charge is -2.43. The molecule has 4 heterocycles. The normalized spacial score (nSPS) is 29.5. The molecule has 3 saturated heterocycles. The van der Waals surface area contributed by atoms with Gasteiger partial charge in [0.2, 0.25) is 5.82 Å². The summed E-state index contributed by atoms with van der Waals surface area (Å²) in [5, 5.41) is 6.59. The molecule has 1 aromatic rings. The summed E-state index contributed by atoms with van der Waals surface area (Å²) < 4.78 is 1.59. The number of nitrogens with one attached hydrogen (secondary N) is 1. The highest BCUT2D eigenvalue weighted by Crippen LogP contribution is 2.29. The van der Waals surface area contributed by atoms with Crippen LogP contribution in [0.15, 0.2) is 6.33 Å². The molecule has 0 aromatic carbocycles. The summed E-state index contributed by atoms with van der Waals surface area (Å²) in [6, 6.07) is -0.105. The predicted octanol–water partition coefficient (Wildman–Crippen LogP) is -0.699. The first kappa shape index (κ1) is 12.3. The molecule has 0 aliphatic carbocycles. The number of carbonyl (C=O) groups excluding carboxylic acids is 2. The molecule has 1 atom stereocenters. The Kier molecular flexibility index (Phi) is 3.06. The standard InChI is InChI=1S/C12H17N5O2/c1-13-12(19)11-14-7-17(15-11)6-9-10(18)8-2-4-16(9)5-3-8/h7-9H,2-6H2,1H3,(H,13,19). The number of aromatic nitrogens is 3. The first-order valence-electron chi connectivity index (χ1n) is 6.58. The largest absolute Gasteiger partial charge is 0.352 e. The predicted molar refractivity (Wildman–Crippen MR) is 66.5 cm³/mol. The molecule has 3 fully saturated rings. The van der Waals surface area contributed by atoms with Gasteiger partial charge in [0.25, 0.3) is 5.91 Å². The van der Waals surface area contributed by atoms with Crippen LogP contribution in [0.2, 0.25) is 0 Å². The minimum Gasteiger partial charge on any atom is -0.352 e. The van der Waals surface area contributed by atoms with Gasteiger partial charge >= 0.3 is 0 Å². The van der Waals surface area contributed by atoms with Gasteiger partial charge in [-0.15, -0.1) is 5.10 Å². The zero-order chi connectivity index (χ0) is 13.4. The maximum atomic E-state index is 12.2. The molecule has 3 aliphatic rings. The van der Waals surface area contributed by atoms with Crippen LogP contribution < -0.4 is 5.32 Å². The van der Waals surface area contributed by atoms with E-state index < -0.39 is 0 Å². The van der Waals surface area contributed by atoms with Crippen molar-refractivity contribution in [3.8, 4) is 0 Å². The SMILES string of the molecule is CNC(=O)c1ncn(CC2C(=O)C3CCN2CC3)n1. The Morgan fingerprint density at radius 1 is 1.47 bits per heavy atom. The average molecular weight is 263 g/mol. The quantitative estimate of drug-likeness (QED) is 0.780. The molecule has 102 valence electrons. The molecule has 2 bridgehead atoms. The Bertz CT molecular complexity index is 504. The van der Waals surface area contributed by atoms with Crippen LogP contribution in [-0.2, 0) is 11.3 Å². The number of carbonyl (C=O) groups is 2. The summed E-state index contributed by atoms with van der Waals surface area (Å²) in [4.78, 5) is 29.8. The molecule has 1 aromatic heterocycles. The van der Waals surface area contributed by atoms with Crippen molar-refractivity contribution < 1.29 is 9.59 Å². The summed E-state index contributed by atoms with van der Waals surface area (Å²) in [5.74, 6) is 0.368. The molecule has 1 amide bonds. The molecule has 7 nitrogen and oxygen atoms in total. The minimum absolute atomic E-state index is 0.105. The highest BCUT2D eigenvalue weighted by molar-refractivity contribution is 5.90. The van der Waals surface area contributed by atoms with Crippen molar-refractivity contribution in [2.24, 2.45) is 5.92 Å². The molecular weight excluding hydrogens is 246 g/mol. The Morgan fingerprint density at radius 3 is 2.84 bits per heavy atom. The highest BCUT2D eigenvalue weighted by atomic mass is 16.2. The smallest absolute Gasteiger partial charge is 0.290 e. The first-order valence-corrected chi connectivity index (χ1v) is 6.58. The molecule has 7 heteroatoms. The molecule has 0 spiro atoms. The third-order valence-electron chi connectivity index (χ3n) is 4.03. The van der Waals surface area contributed by atoms with E-state index in [-0.39, 0.29) is 23.7 Å². The van der Waals surface area contributed by atoms with Gasteiger partial charge in [-0.05, 0) is 25.9 Å². The van der Waals surface area contributed by atoms with E-state index in [9.17, 15) is 9.59 Å². The molecule has 0 radical (unpaired) electrons. The van der Waals surface area contributed by atoms with E-state index in [4.69, 9.17) is 0 Å². The lowest BCUT2D eigenvalue weighted by Crippen LogP contribution is -2.56. The van der Waals surface area contributed by atoms with Crippen LogP contribution in [0.3, 0.4) is 0 Å². The molecule has 4 rings (SSSR count). The fourth-order valence-electron chi connectivity index (χ4n) is 2.93. The van der Waals surface area contributed by atoms with Crippen molar-refractivity contribution in [2.45, 2.75) is 25.4 Å². The van der Waals surface area contributed by atoms with Crippen LogP contribution in [0.5, 0.6) is 0 Å². The van der Waals surface area contributed by atoms with Gasteiger partial charge in [-0.25, -0.2) is 4.98 Å². The Hall–Kier alpha value is -1.76. The van der Waals surface area contributed by atoms with Gasteiger partial charge in [0.05, 0.1) is 12.6 Å². The van der Waals surface area contributed by atoms with E-state index in [1.165, 1.54) is 6.33 Å². The van der Waals surface area contributed by atoms with Crippen molar-refractivity contribution in [2.75, 3.05) is 20.1 Å². The van der Waals surface area contributed by atoms with Crippen molar-refractivity contribution in [3.05, 3.63) is 12.2 Å². The van der Waals surface area contributed by atoms with Crippen LogP contribution in [0.1, 0.15) is 23.5 Å². The fourth-order valence-corrected chi connectivity index (χ4v) is 2.93. The van der Waals surface area contributed by atoms with Gasteiger partial charge in [0.1, 0.15) is 6.33 Å². The highest BCUT2D eigenvalue weighted by Gasteiger charge is 2.41. The lowest BCUT2D eigenvalue weighted by atomic mass is 9.82. The second-order valence-electron chi connectivity index (χ2n) is 5.10. The lowest BCUT2D eigenvalue weighted by molar-refractivity contribution is -0.137. The van der Waals surface area contributed by atoms with Crippen LogP contribution in [0.25, 0.3) is 0 Å². The van der Waals surface area contributed by atoms with E-state index in [0.29, 0.717) is 12.3 Å². The number of amides is 1. The topological polar surface area (TPSA) is 80.1 Å². The summed E-state index contributed by atoms with van der Waals surface area (Å²) >= 11 is 0. The number of hydrogen-bond acceptors (Lipinski definition) is 5. The van der Waals surface area contributed by atoms with Gasteiger partial charge in [0, 0.05) is 13.0 Å². The summed E-state index contributed by atoms with van der Waals surface area (Å²) in [6.45, 7) is 2.45. The second-order valence-corrected chi connectivity index (χ2v) is 5.10. The summed E-state index contributed by atoms with van der Waals surface area (Å²) in [5.41, 5.74) is 0. The van der Waals surface area contributed by atoms with Crippen molar-refractivity contribution in [3.63, 3.8) is 0 Å². The van der Waals surface area contributed by atoms with E-state index in [2.05, 4.69) is 20.3 Å². The third-order valence-corrected chi connectivity index (χ3v) is 4.03. The van der Waals surface area contributed by atoms with Gasteiger partial charge in [-0.3, -0.25) is 19.2 Å². The Morgan fingerprint density at radius 2 is 2.21 bits per heavy atom. The number of rotatable bonds is 3. The number of ketones is 1. The molecule has 3 aliphatic heterocycles. The molecule has 1 unspecified atom stereocenters. The zero-order valence-electron chi connectivity index (χ0n) is 10.9. The molecular formula is C12H17N5O2. The second kappa shape index (κ2) is 4.73. The summed E-state index contributed by atoms with van der Waals surface area (Å²) in [6.07, 6.45) is 3.48. The Balaban J connectivity index is 1.73. The van der Waals surface area contributed by atoms with Gasteiger partial charge in [-0.1, -0.05) is 0 Å². The number of piperidine rings is 3. The van der Waals surface area contributed by atoms with Crippen molar-refractivity contribution in [1.29, 1.82) is 0 Å².